The van der Waals surface area contributed by atoms with Gasteiger partial charge in [-0.3, -0.25) is 9.59 Å². The minimum atomic E-state index is -1.15. The molecule has 1 aliphatic rings. The number of hydrogen-bond donors (Lipinski definition) is 1. The predicted molar refractivity (Wildman–Crippen MR) is 91.6 cm³/mol. The first-order chi connectivity index (χ1) is 12.5. The molecule has 0 radical (unpaired) electrons. The van der Waals surface area contributed by atoms with Crippen LogP contribution >= 0.6 is 0 Å². The van der Waals surface area contributed by atoms with E-state index in [1.807, 2.05) is 0 Å². The van der Waals surface area contributed by atoms with Crippen LogP contribution in [-0.4, -0.2) is 58.9 Å². The highest BCUT2D eigenvalue weighted by Crippen LogP contribution is 2.15. The van der Waals surface area contributed by atoms with Gasteiger partial charge < -0.3 is 14.9 Å². The molecule has 134 valence electrons. The lowest BCUT2D eigenvalue weighted by atomic mass is 10.1. The smallest absolute Gasteiger partial charge is 0.336 e. The maximum absolute atomic E-state index is 13.0. The molecule has 1 aliphatic heterocycles. The molecule has 1 saturated heterocycles. The summed E-state index contributed by atoms with van der Waals surface area (Å²) in [6.45, 7) is 1.27. The lowest BCUT2D eigenvalue weighted by Crippen LogP contribution is -2.50. The van der Waals surface area contributed by atoms with Crippen LogP contribution in [0.25, 0.3) is 0 Å². The monoisotopic (exact) mass is 356 g/mol. The molecule has 6 nitrogen and oxygen atoms in total. The van der Waals surface area contributed by atoms with Crippen molar-refractivity contribution >= 4 is 17.8 Å². The molecule has 2 amide bonds. The first-order valence-corrected chi connectivity index (χ1v) is 8.14. The zero-order chi connectivity index (χ0) is 18.7. The number of halogens is 1. The first kappa shape index (κ1) is 17.6. The fraction of sp³-hybridized carbons (Fsp3) is 0.211. The van der Waals surface area contributed by atoms with Crippen molar-refractivity contribution in [1.82, 2.24) is 9.80 Å². The van der Waals surface area contributed by atoms with Gasteiger partial charge in [0.15, 0.2) is 0 Å². The predicted octanol–water partition coefficient (Wildman–Crippen LogP) is 2.12. The first-order valence-electron chi connectivity index (χ1n) is 8.14. The SMILES string of the molecule is O=C(O)c1ccccc1C(=O)N1CCN(C(=O)c2ccc(F)cc2)CC1. The quantitative estimate of drug-likeness (QED) is 0.914. The summed E-state index contributed by atoms with van der Waals surface area (Å²) < 4.78 is 13.0. The Balaban J connectivity index is 1.67. The molecule has 0 atom stereocenters. The number of hydrogen-bond acceptors (Lipinski definition) is 3. The van der Waals surface area contributed by atoms with Crippen molar-refractivity contribution < 1.29 is 23.9 Å². The summed E-state index contributed by atoms with van der Waals surface area (Å²) in [6.07, 6.45) is 0. The summed E-state index contributed by atoms with van der Waals surface area (Å²) >= 11 is 0. The number of amides is 2. The third kappa shape index (κ3) is 3.56. The van der Waals surface area contributed by atoms with Gasteiger partial charge in [-0.15, -0.1) is 0 Å². The van der Waals surface area contributed by atoms with Gasteiger partial charge in [0, 0.05) is 31.7 Å². The summed E-state index contributed by atoms with van der Waals surface area (Å²) in [4.78, 5) is 39.5. The zero-order valence-corrected chi connectivity index (χ0v) is 13.9. The van der Waals surface area contributed by atoms with Crippen molar-refractivity contribution in [1.29, 1.82) is 0 Å². The van der Waals surface area contributed by atoms with Gasteiger partial charge in [-0.05, 0) is 36.4 Å². The Morgan fingerprint density at radius 3 is 1.81 bits per heavy atom. The van der Waals surface area contributed by atoms with Crippen LogP contribution in [0.3, 0.4) is 0 Å². The van der Waals surface area contributed by atoms with Gasteiger partial charge in [-0.25, -0.2) is 9.18 Å². The molecular weight excluding hydrogens is 339 g/mol. The Kier molecular flexibility index (Phi) is 4.97. The normalized spacial score (nSPS) is 14.2. The highest BCUT2D eigenvalue weighted by molar-refractivity contribution is 6.04. The summed E-state index contributed by atoms with van der Waals surface area (Å²) in [7, 11) is 0. The highest BCUT2D eigenvalue weighted by atomic mass is 19.1. The van der Waals surface area contributed by atoms with E-state index in [1.54, 1.807) is 17.0 Å². The van der Waals surface area contributed by atoms with Crippen molar-refractivity contribution in [3.63, 3.8) is 0 Å². The largest absolute Gasteiger partial charge is 0.478 e. The van der Waals surface area contributed by atoms with E-state index in [4.69, 9.17) is 0 Å². The van der Waals surface area contributed by atoms with E-state index < -0.39 is 11.8 Å². The summed E-state index contributed by atoms with van der Waals surface area (Å²) in [5, 5.41) is 9.22. The molecule has 0 aliphatic carbocycles. The molecule has 0 aromatic heterocycles. The number of carbonyl (C=O) groups excluding carboxylic acids is 2. The zero-order valence-electron chi connectivity index (χ0n) is 13.9. The van der Waals surface area contributed by atoms with Crippen LogP contribution in [0.15, 0.2) is 48.5 Å². The van der Waals surface area contributed by atoms with E-state index in [-0.39, 0.29) is 22.9 Å². The van der Waals surface area contributed by atoms with Gasteiger partial charge in [0.2, 0.25) is 0 Å². The van der Waals surface area contributed by atoms with Gasteiger partial charge in [0.05, 0.1) is 11.1 Å². The second kappa shape index (κ2) is 7.35. The van der Waals surface area contributed by atoms with Gasteiger partial charge in [-0.1, -0.05) is 12.1 Å². The molecule has 3 rings (SSSR count). The van der Waals surface area contributed by atoms with E-state index in [0.717, 1.165) is 0 Å². The number of aromatic carboxylic acids is 1. The van der Waals surface area contributed by atoms with Crippen molar-refractivity contribution in [2.75, 3.05) is 26.2 Å². The van der Waals surface area contributed by atoms with Crippen molar-refractivity contribution in [2.45, 2.75) is 0 Å². The number of carboxylic acids is 1. The van der Waals surface area contributed by atoms with Crippen LogP contribution in [0.2, 0.25) is 0 Å². The van der Waals surface area contributed by atoms with Gasteiger partial charge in [0.1, 0.15) is 5.82 Å². The maximum Gasteiger partial charge on any atom is 0.336 e. The van der Waals surface area contributed by atoms with E-state index >= 15 is 0 Å². The molecule has 0 spiro atoms. The second-order valence-electron chi connectivity index (χ2n) is 5.94. The van der Waals surface area contributed by atoms with E-state index in [0.29, 0.717) is 31.7 Å². The molecule has 0 unspecified atom stereocenters. The molecule has 1 heterocycles. The van der Waals surface area contributed by atoms with Crippen molar-refractivity contribution in [3.8, 4) is 0 Å². The number of carbonyl (C=O) groups is 3. The van der Waals surface area contributed by atoms with Gasteiger partial charge in [0.25, 0.3) is 11.8 Å². The van der Waals surface area contributed by atoms with Gasteiger partial charge >= 0.3 is 5.97 Å². The summed E-state index contributed by atoms with van der Waals surface area (Å²) in [5.74, 6) is -2.15. The Morgan fingerprint density at radius 1 is 0.769 bits per heavy atom. The topological polar surface area (TPSA) is 77.9 Å². The Morgan fingerprint density at radius 2 is 1.27 bits per heavy atom. The van der Waals surface area contributed by atoms with Crippen LogP contribution in [0.5, 0.6) is 0 Å². The molecule has 7 heteroatoms. The summed E-state index contributed by atoms with van der Waals surface area (Å²) in [5.41, 5.74) is 0.489. The minimum absolute atomic E-state index is 0.0395. The third-order valence-electron chi connectivity index (χ3n) is 4.33. The standard InChI is InChI=1S/C19H17FN2O4/c20-14-7-5-13(6-8-14)17(23)21-9-11-22(12-10-21)18(24)15-3-1-2-4-16(15)19(25)26/h1-8H,9-12H2,(H,25,26). The average Bonchev–Trinajstić information content (AvgIpc) is 2.67. The molecule has 2 aromatic rings. The van der Waals surface area contributed by atoms with Gasteiger partial charge in [-0.2, -0.15) is 0 Å². The Labute approximate surface area is 149 Å². The van der Waals surface area contributed by atoms with Crippen LogP contribution in [0.1, 0.15) is 31.1 Å². The van der Waals surface area contributed by atoms with E-state index in [9.17, 15) is 23.9 Å². The molecule has 1 fully saturated rings. The third-order valence-corrected chi connectivity index (χ3v) is 4.33. The van der Waals surface area contributed by atoms with Crippen molar-refractivity contribution in [3.05, 3.63) is 71.0 Å². The molecule has 0 saturated carbocycles. The molecule has 2 aromatic carbocycles. The van der Waals surface area contributed by atoms with Crippen LogP contribution < -0.4 is 0 Å². The summed E-state index contributed by atoms with van der Waals surface area (Å²) in [6, 6.07) is 11.4. The Hall–Kier alpha value is -3.22. The van der Waals surface area contributed by atoms with Crippen LogP contribution in [-0.2, 0) is 0 Å². The fourth-order valence-corrected chi connectivity index (χ4v) is 2.91. The number of piperazine rings is 1. The molecular formula is C19H17FN2O4. The second-order valence-corrected chi connectivity index (χ2v) is 5.94. The number of rotatable bonds is 3. The van der Waals surface area contributed by atoms with Crippen LogP contribution in [0.4, 0.5) is 4.39 Å². The van der Waals surface area contributed by atoms with Crippen molar-refractivity contribution in [2.24, 2.45) is 0 Å². The maximum atomic E-state index is 13.0. The minimum Gasteiger partial charge on any atom is -0.478 e. The molecule has 26 heavy (non-hydrogen) atoms. The van der Waals surface area contributed by atoms with Crippen LogP contribution in [0, 0.1) is 5.82 Å². The molecule has 0 bridgehead atoms. The molecule has 1 N–H and O–H groups in total. The number of carboxylic acid groups (broad SMARTS) is 1. The number of benzene rings is 2. The highest BCUT2D eigenvalue weighted by Gasteiger charge is 2.27. The van der Waals surface area contributed by atoms with E-state index in [2.05, 4.69) is 0 Å². The lowest BCUT2D eigenvalue weighted by Gasteiger charge is -2.35. The number of nitrogens with zero attached hydrogens (tertiary/aromatic N) is 2. The lowest BCUT2D eigenvalue weighted by molar-refractivity contribution is 0.0531. The van der Waals surface area contributed by atoms with E-state index in [1.165, 1.54) is 41.3 Å². The Bertz CT molecular complexity index is 843. The average molecular weight is 356 g/mol. The fourth-order valence-electron chi connectivity index (χ4n) is 2.91.